The lowest BCUT2D eigenvalue weighted by atomic mass is 9.93. The van der Waals surface area contributed by atoms with Crippen LogP contribution in [0.3, 0.4) is 0 Å². The number of rotatable bonds is 9. The summed E-state index contributed by atoms with van der Waals surface area (Å²) in [5, 5.41) is 9.38. The van der Waals surface area contributed by atoms with Crippen LogP contribution in [0, 0.1) is 16.0 Å². The van der Waals surface area contributed by atoms with Crippen LogP contribution in [0.4, 0.5) is 0 Å². The summed E-state index contributed by atoms with van der Waals surface area (Å²) in [5.74, 6) is -0.195. The first-order chi connectivity index (χ1) is 12.3. The highest BCUT2D eigenvalue weighted by Gasteiger charge is 2.26. The van der Waals surface area contributed by atoms with Crippen LogP contribution in [0.1, 0.15) is 39.0 Å². The molecule has 11 nitrogen and oxygen atoms in total. The fourth-order valence-electron chi connectivity index (χ4n) is 2.81. The van der Waals surface area contributed by atoms with E-state index in [-0.39, 0.29) is 36.8 Å². The van der Waals surface area contributed by atoms with Gasteiger partial charge in [0.05, 0.1) is 12.6 Å². The van der Waals surface area contributed by atoms with Crippen LogP contribution in [-0.2, 0) is 14.3 Å². The van der Waals surface area contributed by atoms with Gasteiger partial charge in [-0.2, -0.15) is 0 Å². The monoisotopic (exact) mass is 408 g/mol. The molecular weight excluding hydrogens is 380 g/mol. The zero-order valence-corrected chi connectivity index (χ0v) is 16.3. The van der Waals surface area contributed by atoms with Crippen LogP contribution < -0.4 is 16.9 Å². The molecule has 0 spiro atoms. The molecule has 0 aromatic carbocycles. The minimum absolute atomic E-state index is 0. The highest BCUT2D eigenvalue weighted by Crippen LogP contribution is 2.21. The Morgan fingerprint density at radius 3 is 2.59 bits per heavy atom. The minimum Gasteiger partial charge on any atom is -0.466 e. The molecule has 0 aromatic rings. The molecule has 1 heterocycles. The van der Waals surface area contributed by atoms with Crippen molar-refractivity contribution in [2.24, 2.45) is 22.4 Å². The summed E-state index contributed by atoms with van der Waals surface area (Å²) in [7, 11) is 0. The van der Waals surface area contributed by atoms with E-state index in [2.05, 4.69) is 4.99 Å². The summed E-state index contributed by atoms with van der Waals surface area (Å²) in [6.45, 7) is 3.36. The summed E-state index contributed by atoms with van der Waals surface area (Å²) in [5.41, 5.74) is 13.0. The Morgan fingerprint density at radius 1 is 1.41 bits per heavy atom. The Hall–Kier alpha value is -2.14. The van der Waals surface area contributed by atoms with Gasteiger partial charge in [-0.1, -0.05) is 5.43 Å². The molecule has 27 heavy (non-hydrogen) atoms. The molecule has 0 unspecified atom stereocenters. The lowest BCUT2D eigenvalue weighted by molar-refractivity contribution is -0.525. The summed E-state index contributed by atoms with van der Waals surface area (Å²) >= 11 is 0. The maximum absolute atomic E-state index is 12.4. The largest absolute Gasteiger partial charge is 0.466 e. The minimum atomic E-state index is -0.788. The average molecular weight is 409 g/mol. The quantitative estimate of drug-likeness (QED) is 0.118. The molecule has 1 rings (SSSR count). The summed E-state index contributed by atoms with van der Waals surface area (Å²) in [6.07, 6.45) is 3.48. The van der Waals surface area contributed by atoms with E-state index < -0.39 is 11.1 Å². The number of guanidine groups is 1. The number of amides is 1. The van der Waals surface area contributed by atoms with Crippen molar-refractivity contribution in [3.8, 4) is 0 Å². The van der Waals surface area contributed by atoms with Crippen molar-refractivity contribution in [2.75, 3.05) is 26.2 Å². The van der Waals surface area contributed by atoms with E-state index in [4.69, 9.17) is 16.2 Å². The third-order valence-corrected chi connectivity index (χ3v) is 4.24. The zero-order valence-electron chi connectivity index (χ0n) is 15.5. The molecule has 1 fully saturated rings. The molecule has 0 bridgehead atoms. The topological polar surface area (TPSA) is 166 Å². The first kappa shape index (κ1) is 24.9. The van der Waals surface area contributed by atoms with Crippen molar-refractivity contribution < 1.29 is 19.4 Å². The molecule has 0 saturated carbocycles. The van der Waals surface area contributed by atoms with Gasteiger partial charge in [0.15, 0.2) is 5.03 Å². The number of carbonyl (C=O) groups excluding carboxylic acids is 2. The molecule has 1 saturated heterocycles. The Morgan fingerprint density at radius 2 is 2.04 bits per heavy atom. The van der Waals surface area contributed by atoms with Crippen molar-refractivity contribution in [2.45, 2.75) is 45.1 Å². The molecule has 1 amide bonds. The van der Waals surface area contributed by atoms with Crippen LogP contribution >= 0.6 is 12.4 Å². The molecule has 12 heteroatoms. The van der Waals surface area contributed by atoms with Crippen molar-refractivity contribution in [1.82, 2.24) is 10.3 Å². The molecule has 1 aliphatic heterocycles. The predicted molar refractivity (Wildman–Crippen MR) is 102 cm³/mol. The van der Waals surface area contributed by atoms with Gasteiger partial charge in [-0.3, -0.25) is 9.59 Å². The molecular formula is C15H29ClN6O5. The highest BCUT2D eigenvalue weighted by atomic mass is 35.5. The number of nitrogens with zero attached hydrogens (tertiary/aromatic N) is 3. The second-order valence-corrected chi connectivity index (χ2v) is 6.28. The third-order valence-electron chi connectivity index (χ3n) is 4.24. The molecule has 156 valence electrons. The second-order valence-electron chi connectivity index (χ2n) is 6.28. The number of hydrazine groups is 1. The molecule has 5 N–H and O–H groups in total. The molecule has 0 aliphatic carbocycles. The van der Waals surface area contributed by atoms with E-state index >= 15 is 0 Å². The van der Waals surface area contributed by atoms with Crippen molar-refractivity contribution in [3.05, 3.63) is 10.1 Å². The number of hydrogen-bond donors (Lipinski definition) is 3. The molecule has 0 aromatic heterocycles. The van der Waals surface area contributed by atoms with Gasteiger partial charge in [0.1, 0.15) is 0 Å². The number of nitrogens with one attached hydrogen (secondary N) is 1. The van der Waals surface area contributed by atoms with Gasteiger partial charge in [0, 0.05) is 26.6 Å². The lowest BCUT2D eigenvalue weighted by Crippen LogP contribution is -2.47. The van der Waals surface area contributed by atoms with Crippen molar-refractivity contribution >= 4 is 30.2 Å². The van der Waals surface area contributed by atoms with Gasteiger partial charge < -0.3 is 21.1 Å². The fraction of sp³-hybridized carbons (Fsp3) is 0.800. The van der Waals surface area contributed by atoms with Gasteiger partial charge in [-0.05, 0) is 38.0 Å². The van der Waals surface area contributed by atoms with Gasteiger partial charge in [-0.15, -0.1) is 12.4 Å². The normalized spacial score (nSPS) is 16.2. The Labute approximate surface area is 164 Å². The standard InChI is InChI=1S/C15H28N6O5.ClH/c1-11(22)26-10-6-12-4-8-20(9-5-12)14(23)13(16)3-2-7-18-15(17)19-21(24)25;/h12-13H,2-10,16H2,1H3,(H3,17,18,19);1H/t13-;/m0./s1. The first-order valence-corrected chi connectivity index (χ1v) is 8.68. The molecule has 0 radical (unpaired) electrons. The van der Waals surface area contributed by atoms with Crippen molar-refractivity contribution in [1.29, 1.82) is 0 Å². The number of halogens is 1. The first-order valence-electron chi connectivity index (χ1n) is 8.68. The van der Waals surface area contributed by atoms with Crippen LogP contribution in [0.25, 0.3) is 0 Å². The Bertz CT molecular complexity index is 525. The number of likely N-dealkylation sites (tertiary alicyclic amines) is 1. The summed E-state index contributed by atoms with van der Waals surface area (Å²) in [6, 6.07) is -0.618. The van der Waals surface area contributed by atoms with E-state index in [1.807, 2.05) is 0 Å². The van der Waals surface area contributed by atoms with Crippen LogP contribution in [0.15, 0.2) is 4.99 Å². The van der Waals surface area contributed by atoms with E-state index in [0.29, 0.717) is 38.5 Å². The van der Waals surface area contributed by atoms with E-state index in [1.54, 1.807) is 10.3 Å². The zero-order chi connectivity index (χ0) is 19.5. The second kappa shape index (κ2) is 13.1. The number of nitrogens with two attached hydrogens (primary N) is 2. The summed E-state index contributed by atoms with van der Waals surface area (Å²) in [4.78, 5) is 38.8. The smallest absolute Gasteiger partial charge is 0.302 e. The third kappa shape index (κ3) is 10.6. The van der Waals surface area contributed by atoms with E-state index in [0.717, 1.165) is 19.3 Å². The SMILES string of the molecule is CC(=O)OCCC1CCN(C(=O)[C@@H](N)CCCN=C(N)N[N+](=O)[O-])CC1.Cl. The average Bonchev–Trinajstić information content (AvgIpc) is 2.57. The van der Waals surface area contributed by atoms with Gasteiger partial charge in [0.25, 0.3) is 5.96 Å². The van der Waals surface area contributed by atoms with Crippen LogP contribution in [0.2, 0.25) is 0 Å². The van der Waals surface area contributed by atoms with E-state index in [1.165, 1.54) is 6.92 Å². The fourth-order valence-corrected chi connectivity index (χ4v) is 2.81. The van der Waals surface area contributed by atoms with Gasteiger partial charge in [-0.25, -0.2) is 15.1 Å². The highest BCUT2D eigenvalue weighted by molar-refractivity contribution is 5.85. The lowest BCUT2D eigenvalue weighted by Gasteiger charge is -2.33. The molecule has 1 atom stereocenters. The number of hydrogen-bond acceptors (Lipinski definition) is 7. The van der Waals surface area contributed by atoms with E-state index in [9.17, 15) is 19.7 Å². The van der Waals surface area contributed by atoms with Gasteiger partial charge in [0.2, 0.25) is 5.91 Å². The molecule has 1 aliphatic rings. The van der Waals surface area contributed by atoms with Gasteiger partial charge >= 0.3 is 5.97 Å². The predicted octanol–water partition coefficient (Wildman–Crippen LogP) is -0.196. The summed E-state index contributed by atoms with van der Waals surface area (Å²) < 4.78 is 4.95. The Balaban J connectivity index is 0.00000676. The number of ether oxygens (including phenoxy) is 1. The van der Waals surface area contributed by atoms with Crippen molar-refractivity contribution in [3.63, 3.8) is 0 Å². The number of aliphatic imine (C=N–C) groups is 1. The number of piperidine rings is 1. The Kier molecular flexibility index (Phi) is 12.1. The van der Waals surface area contributed by atoms with Crippen LogP contribution in [-0.4, -0.2) is 60.1 Å². The van der Waals surface area contributed by atoms with Crippen LogP contribution in [0.5, 0.6) is 0 Å². The maximum atomic E-state index is 12.4. The maximum Gasteiger partial charge on any atom is 0.302 e. The number of carbonyl (C=O) groups is 2. The number of esters is 1. The number of nitro groups is 1.